The van der Waals surface area contributed by atoms with Crippen molar-refractivity contribution in [3.63, 3.8) is 0 Å². The third kappa shape index (κ3) is 10.0. The maximum Gasteiger partial charge on any atom is 0.243 e. The van der Waals surface area contributed by atoms with Crippen molar-refractivity contribution in [3.8, 4) is 5.75 Å². The molecular formula is C36H41N3O5S. The van der Waals surface area contributed by atoms with Gasteiger partial charge in [-0.05, 0) is 59.4 Å². The van der Waals surface area contributed by atoms with Gasteiger partial charge in [0, 0.05) is 32.5 Å². The first-order chi connectivity index (χ1) is 21.8. The van der Waals surface area contributed by atoms with Crippen LogP contribution in [0.15, 0.2) is 114 Å². The Morgan fingerprint density at radius 3 is 1.93 bits per heavy atom. The highest BCUT2D eigenvalue weighted by molar-refractivity contribution is 7.89. The van der Waals surface area contributed by atoms with E-state index in [1.54, 1.807) is 43.2 Å². The van der Waals surface area contributed by atoms with Crippen LogP contribution in [0.2, 0.25) is 0 Å². The molecule has 4 aromatic rings. The molecule has 0 unspecified atom stereocenters. The molecule has 0 saturated carbocycles. The minimum Gasteiger partial charge on any atom is -0.497 e. The second-order valence-corrected chi connectivity index (χ2v) is 12.5. The van der Waals surface area contributed by atoms with E-state index in [9.17, 15) is 18.0 Å². The second-order valence-electron chi connectivity index (χ2n) is 10.7. The SMILES string of the molecule is CCNS(=O)(=O)c1ccc(CCC(=O)N(Cc2ccc(OC)cc2)[C@@H](Cc2ccccc2)C(=O)NCCc2ccccc2)cc1. The first kappa shape index (κ1) is 33.4. The molecule has 8 nitrogen and oxygen atoms in total. The maximum absolute atomic E-state index is 14.0. The summed E-state index contributed by atoms with van der Waals surface area (Å²) in [6.07, 6.45) is 1.58. The average Bonchev–Trinajstić information content (AvgIpc) is 3.06. The molecule has 45 heavy (non-hydrogen) atoms. The number of carbonyl (C=O) groups is 2. The van der Waals surface area contributed by atoms with Gasteiger partial charge in [-0.25, -0.2) is 13.1 Å². The van der Waals surface area contributed by atoms with E-state index >= 15 is 0 Å². The Hall–Kier alpha value is -4.47. The molecule has 0 fully saturated rings. The van der Waals surface area contributed by atoms with Crippen molar-refractivity contribution in [3.05, 3.63) is 131 Å². The molecule has 2 amide bonds. The van der Waals surface area contributed by atoms with Crippen LogP contribution < -0.4 is 14.8 Å². The number of carbonyl (C=O) groups excluding carboxylic acids is 2. The number of amides is 2. The van der Waals surface area contributed by atoms with Crippen molar-refractivity contribution in [1.29, 1.82) is 0 Å². The van der Waals surface area contributed by atoms with Gasteiger partial charge in [0.2, 0.25) is 21.8 Å². The summed E-state index contributed by atoms with van der Waals surface area (Å²) in [6.45, 7) is 2.71. The molecule has 0 saturated heterocycles. The minimum atomic E-state index is -3.57. The lowest BCUT2D eigenvalue weighted by Crippen LogP contribution is -2.50. The fourth-order valence-electron chi connectivity index (χ4n) is 5.08. The molecule has 4 aromatic carbocycles. The lowest BCUT2D eigenvalue weighted by Gasteiger charge is -2.32. The number of sulfonamides is 1. The highest BCUT2D eigenvalue weighted by atomic mass is 32.2. The lowest BCUT2D eigenvalue weighted by molar-refractivity contribution is -0.141. The van der Waals surface area contributed by atoms with Crippen molar-refractivity contribution < 1.29 is 22.7 Å². The highest BCUT2D eigenvalue weighted by Crippen LogP contribution is 2.20. The van der Waals surface area contributed by atoms with Gasteiger partial charge in [-0.3, -0.25) is 9.59 Å². The molecule has 9 heteroatoms. The Bertz CT molecular complexity index is 1610. The number of methoxy groups -OCH3 is 1. The molecule has 4 rings (SSSR count). The molecule has 0 aliphatic heterocycles. The quantitative estimate of drug-likeness (QED) is 0.184. The summed E-state index contributed by atoms with van der Waals surface area (Å²) < 4.78 is 32.5. The molecule has 0 aliphatic rings. The minimum absolute atomic E-state index is 0.151. The molecule has 1 atom stereocenters. The summed E-state index contributed by atoms with van der Waals surface area (Å²) in [5.41, 5.74) is 3.77. The van der Waals surface area contributed by atoms with Crippen LogP contribution >= 0.6 is 0 Å². The van der Waals surface area contributed by atoms with Gasteiger partial charge in [-0.15, -0.1) is 0 Å². The third-order valence-electron chi connectivity index (χ3n) is 7.53. The molecule has 0 aliphatic carbocycles. The number of hydrogen-bond acceptors (Lipinski definition) is 5. The van der Waals surface area contributed by atoms with Crippen molar-refractivity contribution in [1.82, 2.24) is 14.9 Å². The van der Waals surface area contributed by atoms with Crippen LogP contribution in [0.3, 0.4) is 0 Å². The number of hydrogen-bond donors (Lipinski definition) is 2. The monoisotopic (exact) mass is 627 g/mol. The van der Waals surface area contributed by atoms with Crippen molar-refractivity contribution in [2.75, 3.05) is 20.2 Å². The van der Waals surface area contributed by atoms with Gasteiger partial charge in [0.1, 0.15) is 11.8 Å². The van der Waals surface area contributed by atoms with E-state index in [4.69, 9.17) is 4.74 Å². The predicted molar refractivity (Wildman–Crippen MR) is 176 cm³/mol. The van der Waals surface area contributed by atoms with E-state index in [0.29, 0.717) is 38.1 Å². The number of nitrogens with zero attached hydrogens (tertiary/aromatic N) is 1. The first-order valence-corrected chi connectivity index (χ1v) is 16.6. The van der Waals surface area contributed by atoms with Crippen LogP contribution in [-0.2, 0) is 45.4 Å². The average molecular weight is 628 g/mol. The Balaban J connectivity index is 1.56. The molecule has 0 bridgehead atoms. The summed E-state index contributed by atoms with van der Waals surface area (Å²) >= 11 is 0. The topological polar surface area (TPSA) is 105 Å². The fraction of sp³-hybridized carbons (Fsp3) is 0.278. The van der Waals surface area contributed by atoms with Gasteiger partial charge in [-0.2, -0.15) is 0 Å². The van der Waals surface area contributed by atoms with Crippen molar-refractivity contribution in [2.24, 2.45) is 0 Å². The van der Waals surface area contributed by atoms with E-state index < -0.39 is 16.1 Å². The van der Waals surface area contributed by atoms with E-state index in [1.165, 1.54) is 0 Å². The standard InChI is InChI=1S/C36H41N3O5S/c1-3-38-45(42,43)33-21-16-29(17-22-33)18-23-35(40)39(27-31-14-19-32(44-2)20-15-31)34(26-30-12-8-5-9-13-30)36(41)37-25-24-28-10-6-4-7-11-28/h4-17,19-22,34,38H,3,18,23-27H2,1-2H3,(H,37,41)/t34-/m0/s1. The summed E-state index contributed by atoms with van der Waals surface area (Å²) in [6, 6.07) is 32.9. The molecule has 0 spiro atoms. The van der Waals surface area contributed by atoms with Gasteiger partial charge < -0.3 is 15.0 Å². The van der Waals surface area contributed by atoms with Crippen LogP contribution in [0, 0.1) is 0 Å². The van der Waals surface area contributed by atoms with Crippen molar-refractivity contribution >= 4 is 21.8 Å². The van der Waals surface area contributed by atoms with Gasteiger partial charge in [0.05, 0.1) is 12.0 Å². The summed E-state index contributed by atoms with van der Waals surface area (Å²) in [5, 5.41) is 3.08. The van der Waals surface area contributed by atoms with Crippen LogP contribution in [0.5, 0.6) is 5.75 Å². The van der Waals surface area contributed by atoms with Crippen molar-refractivity contribution in [2.45, 2.75) is 50.1 Å². The normalized spacial score (nSPS) is 11.9. The largest absolute Gasteiger partial charge is 0.497 e. The van der Waals surface area contributed by atoms with Gasteiger partial charge in [0.15, 0.2) is 0 Å². The van der Waals surface area contributed by atoms with E-state index in [0.717, 1.165) is 22.3 Å². The van der Waals surface area contributed by atoms with E-state index in [1.807, 2.05) is 84.9 Å². The maximum atomic E-state index is 14.0. The third-order valence-corrected chi connectivity index (χ3v) is 9.10. The molecular weight excluding hydrogens is 586 g/mol. The Kier molecular flexibility index (Phi) is 12.3. The smallest absolute Gasteiger partial charge is 0.243 e. The molecule has 2 N–H and O–H groups in total. The predicted octanol–water partition coefficient (Wildman–Crippen LogP) is 4.93. The Morgan fingerprint density at radius 1 is 0.756 bits per heavy atom. The van der Waals surface area contributed by atoms with E-state index in [2.05, 4.69) is 10.0 Å². The number of nitrogens with one attached hydrogen (secondary N) is 2. The van der Waals surface area contributed by atoms with Crippen LogP contribution in [0.1, 0.15) is 35.6 Å². The molecule has 0 aromatic heterocycles. The lowest BCUT2D eigenvalue weighted by atomic mass is 10.0. The Morgan fingerprint density at radius 2 is 1.33 bits per heavy atom. The summed E-state index contributed by atoms with van der Waals surface area (Å²) in [5.74, 6) is 0.319. The van der Waals surface area contributed by atoms with E-state index in [-0.39, 0.29) is 29.7 Å². The number of rotatable bonds is 16. The van der Waals surface area contributed by atoms with Crippen LogP contribution in [0.25, 0.3) is 0 Å². The number of aryl methyl sites for hydroxylation is 1. The number of benzene rings is 4. The molecule has 0 heterocycles. The van der Waals surface area contributed by atoms with Gasteiger partial charge in [-0.1, -0.05) is 91.9 Å². The zero-order valence-electron chi connectivity index (χ0n) is 25.8. The number of ether oxygens (including phenoxy) is 1. The zero-order chi connectivity index (χ0) is 32.1. The second kappa shape index (κ2) is 16.6. The van der Waals surface area contributed by atoms with Crippen LogP contribution in [-0.4, -0.2) is 51.4 Å². The molecule has 236 valence electrons. The van der Waals surface area contributed by atoms with Gasteiger partial charge in [0.25, 0.3) is 0 Å². The first-order valence-electron chi connectivity index (χ1n) is 15.2. The zero-order valence-corrected chi connectivity index (χ0v) is 26.6. The highest BCUT2D eigenvalue weighted by Gasteiger charge is 2.30. The summed E-state index contributed by atoms with van der Waals surface area (Å²) in [4.78, 5) is 29.7. The Labute approximate surface area is 266 Å². The molecule has 0 radical (unpaired) electrons. The van der Waals surface area contributed by atoms with Gasteiger partial charge >= 0.3 is 0 Å². The summed E-state index contributed by atoms with van der Waals surface area (Å²) in [7, 11) is -1.97. The van der Waals surface area contributed by atoms with Crippen LogP contribution in [0.4, 0.5) is 0 Å². The fourth-order valence-corrected chi connectivity index (χ4v) is 6.12.